The fourth-order valence-corrected chi connectivity index (χ4v) is 2.39. The highest BCUT2D eigenvalue weighted by molar-refractivity contribution is 7.13. The van der Waals surface area contributed by atoms with Crippen LogP contribution in [0.25, 0.3) is 10.4 Å². The summed E-state index contributed by atoms with van der Waals surface area (Å²) in [6.07, 6.45) is 5.42. The summed E-state index contributed by atoms with van der Waals surface area (Å²) in [6.45, 7) is 2.20. The first-order valence-corrected chi connectivity index (χ1v) is 6.46. The van der Waals surface area contributed by atoms with Crippen molar-refractivity contribution >= 4 is 17.0 Å². The molecule has 0 radical (unpaired) electrons. The minimum absolute atomic E-state index is 0.859. The van der Waals surface area contributed by atoms with Gasteiger partial charge in [-0.15, -0.1) is 11.3 Å². The van der Waals surface area contributed by atoms with E-state index in [0.717, 1.165) is 22.5 Å². The summed E-state index contributed by atoms with van der Waals surface area (Å²) in [5, 5.41) is 0. The van der Waals surface area contributed by atoms with Gasteiger partial charge < -0.3 is 5.73 Å². The second-order valence-corrected chi connectivity index (χ2v) is 4.78. The third-order valence-electron chi connectivity index (χ3n) is 2.63. The number of unbranched alkanes of at least 4 members (excludes halogenated alkanes) is 1. The summed E-state index contributed by atoms with van der Waals surface area (Å²) in [6, 6.07) is 6.36. The van der Waals surface area contributed by atoms with Gasteiger partial charge in [-0.05, 0) is 24.5 Å². The van der Waals surface area contributed by atoms with Crippen LogP contribution < -0.4 is 5.73 Å². The molecule has 0 saturated carbocycles. The number of benzene rings is 1. The number of nitrogens with two attached hydrogens (primary N) is 1. The highest BCUT2D eigenvalue weighted by atomic mass is 32.1. The Balaban J connectivity index is 2.23. The predicted molar refractivity (Wildman–Crippen MR) is 70.6 cm³/mol. The van der Waals surface area contributed by atoms with E-state index in [-0.39, 0.29) is 0 Å². The van der Waals surface area contributed by atoms with Crippen molar-refractivity contribution in [2.75, 3.05) is 5.73 Å². The van der Waals surface area contributed by atoms with Gasteiger partial charge in [0.05, 0.1) is 10.4 Å². The first kappa shape index (κ1) is 11.1. The first-order chi connectivity index (χ1) is 7.81. The summed E-state index contributed by atoms with van der Waals surface area (Å²) in [7, 11) is 0. The lowest BCUT2D eigenvalue weighted by Crippen LogP contribution is -1.92. The second-order valence-electron chi connectivity index (χ2n) is 3.89. The standard InChI is InChI=1S/C13H16N2S/c1-2-3-4-10-5-6-11(12(14)7-10)13-8-15-9-16-13/h5-9H,2-4,14H2,1H3. The van der Waals surface area contributed by atoms with Crippen LogP contribution in [0.1, 0.15) is 25.3 Å². The maximum atomic E-state index is 6.06. The minimum atomic E-state index is 0.859. The van der Waals surface area contributed by atoms with E-state index in [4.69, 9.17) is 5.73 Å². The molecule has 2 nitrogen and oxygen atoms in total. The molecule has 3 heteroatoms. The van der Waals surface area contributed by atoms with Gasteiger partial charge in [0.1, 0.15) is 0 Å². The zero-order chi connectivity index (χ0) is 11.4. The zero-order valence-electron chi connectivity index (χ0n) is 9.44. The van der Waals surface area contributed by atoms with E-state index >= 15 is 0 Å². The lowest BCUT2D eigenvalue weighted by Gasteiger charge is -2.06. The number of nitrogens with zero attached hydrogens (tertiary/aromatic N) is 1. The molecule has 16 heavy (non-hydrogen) atoms. The maximum Gasteiger partial charge on any atom is 0.0797 e. The summed E-state index contributed by atoms with van der Waals surface area (Å²) < 4.78 is 0. The molecule has 2 aromatic rings. The van der Waals surface area contributed by atoms with Crippen molar-refractivity contribution < 1.29 is 0 Å². The first-order valence-electron chi connectivity index (χ1n) is 5.58. The lowest BCUT2D eigenvalue weighted by molar-refractivity contribution is 0.795. The van der Waals surface area contributed by atoms with Gasteiger partial charge in [-0.3, -0.25) is 4.98 Å². The smallest absolute Gasteiger partial charge is 0.0797 e. The molecule has 1 heterocycles. The van der Waals surface area contributed by atoms with Crippen molar-refractivity contribution in [3.8, 4) is 10.4 Å². The van der Waals surface area contributed by atoms with E-state index in [0.29, 0.717) is 0 Å². The minimum Gasteiger partial charge on any atom is -0.398 e. The summed E-state index contributed by atoms with van der Waals surface area (Å²) in [5.41, 5.74) is 11.2. The second kappa shape index (κ2) is 5.12. The van der Waals surface area contributed by atoms with Gasteiger partial charge in [0, 0.05) is 17.4 Å². The highest BCUT2D eigenvalue weighted by Crippen LogP contribution is 2.29. The van der Waals surface area contributed by atoms with Gasteiger partial charge in [0.15, 0.2) is 0 Å². The number of hydrogen-bond acceptors (Lipinski definition) is 3. The SMILES string of the molecule is CCCCc1ccc(-c2cncs2)c(N)c1. The Morgan fingerprint density at radius 1 is 1.38 bits per heavy atom. The molecule has 2 N–H and O–H groups in total. The summed E-state index contributed by atoms with van der Waals surface area (Å²) in [5.74, 6) is 0. The van der Waals surface area contributed by atoms with Crippen molar-refractivity contribution in [2.24, 2.45) is 0 Å². The number of anilines is 1. The molecule has 0 amide bonds. The van der Waals surface area contributed by atoms with Gasteiger partial charge in [-0.2, -0.15) is 0 Å². The molecule has 0 aliphatic heterocycles. The highest BCUT2D eigenvalue weighted by Gasteiger charge is 2.04. The Labute approximate surface area is 100 Å². The van der Waals surface area contributed by atoms with E-state index in [9.17, 15) is 0 Å². The average molecular weight is 232 g/mol. The van der Waals surface area contributed by atoms with E-state index in [1.165, 1.54) is 18.4 Å². The molecule has 0 saturated heterocycles. The molecule has 0 atom stereocenters. The number of hydrogen-bond donors (Lipinski definition) is 1. The molecule has 0 aliphatic carbocycles. The molecular formula is C13H16N2S. The number of thiazole rings is 1. The quantitative estimate of drug-likeness (QED) is 0.816. The van der Waals surface area contributed by atoms with E-state index in [1.54, 1.807) is 11.3 Å². The summed E-state index contributed by atoms with van der Waals surface area (Å²) in [4.78, 5) is 5.21. The van der Waals surface area contributed by atoms with Gasteiger partial charge >= 0.3 is 0 Å². The number of aromatic nitrogens is 1. The average Bonchev–Trinajstić information content (AvgIpc) is 2.80. The Morgan fingerprint density at radius 2 is 2.25 bits per heavy atom. The Morgan fingerprint density at radius 3 is 2.88 bits per heavy atom. The van der Waals surface area contributed by atoms with Crippen molar-refractivity contribution in [1.82, 2.24) is 4.98 Å². The van der Waals surface area contributed by atoms with Gasteiger partial charge in [0.25, 0.3) is 0 Å². The zero-order valence-corrected chi connectivity index (χ0v) is 10.3. The van der Waals surface area contributed by atoms with Crippen LogP contribution in [-0.2, 0) is 6.42 Å². The number of nitrogen functional groups attached to an aromatic ring is 1. The van der Waals surface area contributed by atoms with Crippen molar-refractivity contribution in [2.45, 2.75) is 26.2 Å². The van der Waals surface area contributed by atoms with Crippen LogP contribution in [0.3, 0.4) is 0 Å². The Hall–Kier alpha value is -1.35. The number of aryl methyl sites for hydroxylation is 1. The van der Waals surface area contributed by atoms with E-state index in [2.05, 4.69) is 30.1 Å². The van der Waals surface area contributed by atoms with Crippen LogP contribution in [0.2, 0.25) is 0 Å². The van der Waals surface area contributed by atoms with Crippen LogP contribution in [0.15, 0.2) is 29.9 Å². The molecule has 84 valence electrons. The molecule has 0 spiro atoms. The van der Waals surface area contributed by atoms with Gasteiger partial charge in [0.2, 0.25) is 0 Å². The molecule has 2 rings (SSSR count). The van der Waals surface area contributed by atoms with Crippen LogP contribution in [0.5, 0.6) is 0 Å². The third-order valence-corrected chi connectivity index (χ3v) is 3.44. The van der Waals surface area contributed by atoms with Gasteiger partial charge in [-0.25, -0.2) is 0 Å². The van der Waals surface area contributed by atoms with Crippen molar-refractivity contribution in [1.29, 1.82) is 0 Å². The molecule has 1 aromatic carbocycles. The van der Waals surface area contributed by atoms with Crippen LogP contribution in [0.4, 0.5) is 5.69 Å². The summed E-state index contributed by atoms with van der Waals surface area (Å²) >= 11 is 1.62. The topological polar surface area (TPSA) is 38.9 Å². The van der Waals surface area contributed by atoms with Crippen LogP contribution in [0, 0.1) is 0 Å². The van der Waals surface area contributed by atoms with Crippen LogP contribution >= 0.6 is 11.3 Å². The predicted octanol–water partition coefficient (Wildman–Crippen LogP) is 3.73. The molecule has 0 unspecified atom stereocenters. The van der Waals surface area contributed by atoms with Crippen LogP contribution in [-0.4, -0.2) is 4.98 Å². The van der Waals surface area contributed by atoms with Gasteiger partial charge in [-0.1, -0.05) is 25.5 Å². The van der Waals surface area contributed by atoms with E-state index < -0.39 is 0 Å². The molecule has 0 bridgehead atoms. The lowest BCUT2D eigenvalue weighted by atomic mass is 10.0. The van der Waals surface area contributed by atoms with Crippen molar-refractivity contribution in [3.05, 3.63) is 35.5 Å². The Kier molecular flexibility index (Phi) is 3.57. The van der Waals surface area contributed by atoms with Crippen molar-refractivity contribution in [3.63, 3.8) is 0 Å². The maximum absolute atomic E-state index is 6.06. The molecule has 0 fully saturated rings. The van der Waals surface area contributed by atoms with E-state index in [1.807, 2.05) is 11.7 Å². The largest absolute Gasteiger partial charge is 0.398 e. The fourth-order valence-electron chi connectivity index (χ4n) is 1.72. The molecular weight excluding hydrogens is 216 g/mol. The Bertz CT molecular complexity index is 449. The number of rotatable bonds is 4. The fraction of sp³-hybridized carbons (Fsp3) is 0.308. The normalized spacial score (nSPS) is 10.6. The monoisotopic (exact) mass is 232 g/mol. The molecule has 0 aliphatic rings. The third kappa shape index (κ3) is 2.42. The molecule has 1 aromatic heterocycles.